The molecular weight excluding hydrogens is 193 g/mol. The molecule has 0 atom stereocenters. The molecule has 1 aromatic rings. The van der Waals surface area contributed by atoms with E-state index in [4.69, 9.17) is 5.73 Å². The Kier molecular flexibility index (Phi) is 4.43. The number of rotatable bonds is 5. The summed E-state index contributed by atoms with van der Waals surface area (Å²) in [6.45, 7) is 2.27. The van der Waals surface area contributed by atoms with E-state index in [1.54, 1.807) is 19.1 Å². The van der Waals surface area contributed by atoms with Crippen molar-refractivity contribution in [1.29, 1.82) is 0 Å². The zero-order valence-electron chi connectivity index (χ0n) is 8.92. The predicted octanol–water partition coefficient (Wildman–Crippen LogP) is 2.45. The number of nitrogens with two attached hydrogens (primary N) is 1. The van der Waals surface area contributed by atoms with Crippen LogP contribution in [0.4, 0.5) is 4.39 Å². The van der Waals surface area contributed by atoms with Gasteiger partial charge in [-0.2, -0.15) is 0 Å². The van der Waals surface area contributed by atoms with Gasteiger partial charge in [0.2, 0.25) is 0 Å². The Balaban J connectivity index is 2.62. The van der Waals surface area contributed by atoms with E-state index >= 15 is 0 Å². The number of ketones is 1. The third-order valence-electron chi connectivity index (χ3n) is 2.35. The fourth-order valence-corrected chi connectivity index (χ4v) is 1.34. The summed E-state index contributed by atoms with van der Waals surface area (Å²) in [5.41, 5.74) is 6.34. The second-order valence-electron chi connectivity index (χ2n) is 3.63. The van der Waals surface area contributed by atoms with Crippen molar-refractivity contribution in [2.45, 2.75) is 26.2 Å². The molecule has 0 aliphatic carbocycles. The number of aryl methyl sites for hydroxylation is 1. The van der Waals surface area contributed by atoms with Crippen LogP contribution < -0.4 is 5.73 Å². The van der Waals surface area contributed by atoms with Crippen LogP contribution in [0, 0.1) is 12.7 Å². The summed E-state index contributed by atoms with van der Waals surface area (Å²) in [6.07, 6.45) is 2.05. The Hall–Kier alpha value is -1.22. The van der Waals surface area contributed by atoms with Crippen LogP contribution in [0.1, 0.15) is 35.2 Å². The standard InChI is InChI=1S/C12H16FNO/c1-9-5-6-10(8-11(9)13)12(15)4-2-3-7-14/h5-6,8H,2-4,7,14H2,1H3. The van der Waals surface area contributed by atoms with Gasteiger partial charge < -0.3 is 5.73 Å². The zero-order chi connectivity index (χ0) is 11.3. The van der Waals surface area contributed by atoms with E-state index in [2.05, 4.69) is 0 Å². The van der Waals surface area contributed by atoms with E-state index in [9.17, 15) is 9.18 Å². The molecule has 0 bridgehead atoms. The van der Waals surface area contributed by atoms with Crippen LogP contribution in [0.15, 0.2) is 18.2 Å². The number of hydrogen-bond acceptors (Lipinski definition) is 2. The summed E-state index contributed by atoms with van der Waals surface area (Å²) < 4.78 is 13.2. The maximum atomic E-state index is 13.2. The number of Topliss-reactive ketones (excluding diaryl/α,β-unsaturated/α-hetero) is 1. The van der Waals surface area contributed by atoms with Crippen molar-refractivity contribution in [3.63, 3.8) is 0 Å². The monoisotopic (exact) mass is 209 g/mol. The number of carbonyl (C=O) groups excluding carboxylic acids is 1. The summed E-state index contributed by atoms with van der Waals surface area (Å²) in [5, 5.41) is 0. The van der Waals surface area contributed by atoms with Gasteiger partial charge in [-0.15, -0.1) is 0 Å². The summed E-state index contributed by atoms with van der Waals surface area (Å²) in [6, 6.07) is 4.61. The lowest BCUT2D eigenvalue weighted by atomic mass is 10.0. The Morgan fingerprint density at radius 3 is 2.73 bits per heavy atom. The number of carbonyl (C=O) groups is 1. The van der Waals surface area contributed by atoms with Crippen molar-refractivity contribution >= 4 is 5.78 Å². The topological polar surface area (TPSA) is 43.1 Å². The first-order chi connectivity index (χ1) is 7.15. The van der Waals surface area contributed by atoms with Crippen LogP contribution in [0.3, 0.4) is 0 Å². The number of unbranched alkanes of at least 4 members (excludes halogenated alkanes) is 1. The molecule has 0 amide bonds. The predicted molar refractivity (Wildman–Crippen MR) is 58.4 cm³/mol. The van der Waals surface area contributed by atoms with Crippen molar-refractivity contribution in [1.82, 2.24) is 0 Å². The molecule has 15 heavy (non-hydrogen) atoms. The molecule has 0 heterocycles. The quantitative estimate of drug-likeness (QED) is 0.598. The van der Waals surface area contributed by atoms with E-state index in [0.29, 0.717) is 24.1 Å². The molecular formula is C12H16FNO. The second kappa shape index (κ2) is 5.61. The Labute approximate surface area is 89.3 Å². The SMILES string of the molecule is Cc1ccc(C(=O)CCCCN)cc1F. The van der Waals surface area contributed by atoms with Gasteiger partial charge in [-0.3, -0.25) is 4.79 Å². The van der Waals surface area contributed by atoms with Gasteiger partial charge in [-0.25, -0.2) is 4.39 Å². The molecule has 0 aromatic heterocycles. The van der Waals surface area contributed by atoms with E-state index in [-0.39, 0.29) is 11.6 Å². The average molecular weight is 209 g/mol. The maximum Gasteiger partial charge on any atom is 0.162 e. The van der Waals surface area contributed by atoms with Gasteiger partial charge >= 0.3 is 0 Å². The average Bonchev–Trinajstić information content (AvgIpc) is 2.22. The Morgan fingerprint density at radius 2 is 2.13 bits per heavy atom. The molecule has 3 heteroatoms. The molecule has 1 aromatic carbocycles. The lowest BCUT2D eigenvalue weighted by molar-refractivity contribution is 0.0979. The molecule has 0 aliphatic rings. The van der Waals surface area contributed by atoms with E-state index in [0.717, 1.165) is 12.8 Å². The maximum absolute atomic E-state index is 13.2. The molecule has 0 saturated heterocycles. The zero-order valence-corrected chi connectivity index (χ0v) is 8.92. The Morgan fingerprint density at radius 1 is 1.40 bits per heavy atom. The number of hydrogen-bond donors (Lipinski definition) is 1. The summed E-state index contributed by atoms with van der Waals surface area (Å²) in [4.78, 5) is 11.6. The third kappa shape index (κ3) is 3.44. The van der Waals surface area contributed by atoms with Crippen molar-refractivity contribution in [3.8, 4) is 0 Å². The summed E-state index contributed by atoms with van der Waals surface area (Å²) in [5.74, 6) is -0.331. The van der Waals surface area contributed by atoms with Gasteiger partial charge in [-0.1, -0.05) is 12.1 Å². The van der Waals surface area contributed by atoms with Crippen LogP contribution in [0.25, 0.3) is 0 Å². The minimum absolute atomic E-state index is 0.0117. The van der Waals surface area contributed by atoms with Gasteiger partial charge in [0.1, 0.15) is 5.82 Å². The van der Waals surface area contributed by atoms with Gasteiger partial charge in [-0.05, 0) is 37.9 Å². The lowest BCUT2D eigenvalue weighted by Gasteiger charge is -2.02. The minimum Gasteiger partial charge on any atom is -0.330 e. The van der Waals surface area contributed by atoms with Crippen molar-refractivity contribution in [2.75, 3.05) is 6.54 Å². The smallest absolute Gasteiger partial charge is 0.162 e. The molecule has 0 aliphatic heterocycles. The first kappa shape index (κ1) is 11.9. The summed E-state index contributed by atoms with van der Waals surface area (Å²) >= 11 is 0. The van der Waals surface area contributed by atoms with Gasteiger partial charge in [0.25, 0.3) is 0 Å². The van der Waals surface area contributed by atoms with Crippen LogP contribution in [-0.2, 0) is 0 Å². The molecule has 0 fully saturated rings. The van der Waals surface area contributed by atoms with E-state index in [1.165, 1.54) is 6.07 Å². The van der Waals surface area contributed by atoms with E-state index in [1.807, 2.05) is 0 Å². The van der Waals surface area contributed by atoms with Crippen LogP contribution >= 0.6 is 0 Å². The van der Waals surface area contributed by atoms with Gasteiger partial charge in [0, 0.05) is 12.0 Å². The molecule has 2 nitrogen and oxygen atoms in total. The molecule has 0 spiro atoms. The highest BCUT2D eigenvalue weighted by molar-refractivity contribution is 5.96. The first-order valence-corrected chi connectivity index (χ1v) is 5.14. The fraction of sp³-hybridized carbons (Fsp3) is 0.417. The molecule has 1 rings (SSSR count). The van der Waals surface area contributed by atoms with E-state index < -0.39 is 0 Å². The molecule has 0 saturated carbocycles. The molecule has 0 unspecified atom stereocenters. The van der Waals surface area contributed by atoms with Crippen molar-refractivity contribution in [3.05, 3.63) is 35.1 Å². The highest BCUT2D eigenvalue weighted by Gasteiger charge is 2.07. The van der Waals surface area contributed by atoms with Crippen molar-refractivity contribution < 1.29 is 9.18 Å². The Bertz CT molecular complexity index is 349. The molecule has 2 N–H and O–H groups in total. The number of halogens is 1. The highest BCUT2D eigenvalue weighted by Crippen LogP contribution is 2.12. The molecule has 82 valence electrons. The minimum atomic E-state index is -0.320. The van der Waals surface area contributed by atoms with Crippen molar-refractivity contribution in [2.24, 2.45) is 5.73 Å². The normalized spacial score (nSPS) is 10.3. The van der Waals surface area contributed by atoms with Crippen LogP contribution in [0.2, 0.25) is 0 Å². The largest absolute Gasteiger partial charge is 0.330 e. The first-order valence-electron chi connectivity index (χ1n) is 5.14. The summed E-state index contributed by atoms with van der Waals surface area (Å²) in [7, 11) is 0. The van der Waals surface area contributed by atoms with Crippen LogP contribution in [0.5, 0.6) is 0 Å². The van der Waals surface area contributed by atoms with Gasteiger partial charge in [0.15, 0.2) is 5.78 Å². The van der Waals surface area contributed by atoms with Gasteiger partial charge in [0.05, 0.1) is 0 Å². The highest BCUT2D eigenvalue weighted by atomic mass is 19.1. The third-order valence-corrected chi connectivity index (χ3v) is 2.35. The number of benzene rings is 1. The lowest BCUT2D eigenvalue weighted by Crippen LogP contribution is -2.03. The second-order valence-corrected chi connectivity index (χ2v) is 3.63. The molecule has 0 radical (unpaired) electrons. The fourth-order valence-electron chi connectivity index (χ4n) is 1.34. The van der Waals surface area contributed by atoms with Crippen LogP contribution in [-0.4, -0.2) is 12.3 Å².